The second-order valence-electron chi connectivity index (χ2n) is 2.84. The summed E-state index contributed by atoms with van der Waals surface area (Å²) >= 11 is 0. The highest BCUT2D eigenvalue weighted by atomic mass is 19.3. The van der Waals surface area contributed by atoms with Gasteiger partial charge in [-0.15, -0.1) is 0 Å². The minimum absolute atomic E-state index is 0.451. The standard InChI is InChI=1S/C9H7F2NO4/c1-5(13)8-6(12(14)15)3-2-4-7(8)16-9(10)11/h2-4,9H,1H3. The molecule has 0 saturated carbocycles. The first-order valence-electron chi connectivity index (χ1n) is 4.16. The quantitative estimate of drug-likeness (QED) is 0.453. The Labute approximate surface area is 88.8 Å². The van der Waals surface area contributed by atoms with Crippen LogP contribution in [0.25, 0.3) is 0 Å². The van der Waals surface area contributed by atoms with E-state index in [0.717, 1.165) is 19.1 Å². The summed E-state index contributed by atoms with van der Waals surface area (Å²) in [5, 5.41) is 10.6. The topological polar surface area (TPSA) is 69.4 Å². The number of hydrogen-bond donors (Lipinski definition) is 0. The van der Waals surface area contributed by atoms with Crippen molar-refractivity contribution in [2.45, 2.75) is 13.5 Å². The van der Waals surface area contributed by atoms with Crippen LogP contribution >= 0.6 is 0 Å². The highest BCUT2D eigenvalue weighted by molar-refractivity contribution is 6.00. The zero-order valence-electron chi connectivity index (χ0n) is 8.15. The third-order valence-corrected chi connectivity index (χ3v) is 1.77. The Kier molecular flexibility index (Phi) is 3.49. The van der Waals surface area contributed by atoms with Crippen molar-refractivity contribution < 1.29 is 23.2 Å². The monoisotopic (exact) mass is 231 g/mol. The van der Waals surface area contributed by atoms with Crippen LogP contribution in [0.2, 0.25) is 0 Å². The molecule has 0 saturated heterocycles. The van der Waals surface area contributed by atoms with E-state index in [1.165, 1.54) is 6.07 Å². The molecule has 1 rings (SSSR count). The maximum atomic E-state index is 12.0. The lowest BCUT2D eigenvalue weighted by Crippen LogP contribution is -2.08. The Morgan fingerprint density at radius 1 is 1.50 bits per heavy atom. The average Bonchev–Trinajstić information content (AvgIpc) is 2.15. The molecule has 7 heteroatoms. The smallest absolute Gasteiger partial charge is 0.387 e. The van der Waals surface area contributed by atoms with Gasteiger partial charge in [0, 0.05) is 6.07 Å². The SMILES string of the molecule is CC(=O)c1c(OC(F)F)cccc1[N+](=O)[O-]. The summed E-state index contributed by atoms with van der Waals surface area (Å²) in [6.45, 7) is -2.10. The summed E-state index contributed by atoms with van der Waals surface area (Å²) in [4.78, 5) is 20.9. The Hall–Kier alpha value is -2.05. The molecular weight excluding hydrogens is 224 g/mol. The van der Waals surface area contributed by atoms with Crippen LogP contribution in [0.5, 0.6) is 5.75 Å². The Bertz CT molecular complexity index is 434. The van der Waals surface area contributed by atoms with E-state index in [-0.39, 0.29) is 0 Å². The molecule has 0 unspecified atom stereocenters. The second-order valence-corrected chi connectivity index (χ2v) is 2.84. The number of nitro benzene ring substituents is 1. The molecule has 5 nitrogen and oxygen atoms in total. The van der Waals surface area contributed by atoms with Gasteiger partial charge in [-0.1, -0.05) is 6.07 Å². The van der Waals surface area contributed by atoms with Crippen LogP contribution in [0.15, 0.2) is 18.2 Å². The van der Waals surface area contributed by atoms with Gasteiger partial charge >= 0.3 is 6.61 Å². The maximum absolute atomic E-state index is 12.0. The van der Waals surface area contributed by atoms with Crippen LogP contribution in [0.1, 0.15) is 17.3 Å². The molecule has 0 radical (unpaired) electrons. The molecule has 0 aliphatic heterocycles. The molecule has 0 fully saturated rings. The molecule has 0 aliphatic carbocycles. The number of Topliss-reactive ketones (excluding diaryl/α,β-unsaturated/α-hetero) is 1. The molecule has 1 aromatic rings. The van der Waals surface area contributed by atoms with Crippen molar-refractivity contribution in [2.24, 2.45) is 0 Å². The summed E-state index contributed by atoms with van der Waals surface area (Å²) in [7, 11) is 0. The summed E-state index contributed by atoms with van der Waals surface area (Å²) < 4.78 is 28.0. The van der Waals surface area contributed by atoms with Crippen LogP contribution in [0, 0.1) is 10.1 Å². The van der Waals surface area contributed by atoms with Gasteiger partial charge in [0.25, 0.3) is 5.69 Å². The van der Waals surface area contributed by atoms with Crippen molar-refractivity contribution in [1.29, 1.82) is 0 Å². The van der Waals surface area contributed by atoms with Crippen molar-refractivity contribution in [1.82, 2.24) is 0 Å². The number of rotatable bonds is 4. The molecule has 1 aromatic carbocycles. The van der Waals surface area contributed by atoms with Gasteiger partial charge in [-0.2, -0.15) is 8.78 Å². The number of ketones is 1. The maximum Gasteiger partial charge on any atom is 0.387 e. The molecule has 0 aromatic heterocycles. The first kappa shape index (κ1) is 12.0. The fourth-order valence-electron chi connectivity index (χ4n) is 1.22. The van der Waals surface area contributed by atoms with Crippen LogP contribution < -0.4 is 4.74 Å². The molecule has 16 heavy (non-hydrogen) atoms. The molecule has 86 valence electrons. The largest absolute Gasteiger partial charge is 0.434 e. The van der Waals surface area contributed by atoms with E-state index in [1.807, 2.05) is 0 Å². The summed E-state index contributed by atoms with van der Waals surface area (Å²) in [6.07, 6.45) is 0. The third-order valence-electron chi connectivity index (χ3n) is 1.77. The highest BCUT2D eigenvalue weighted by Crippen LogP contribution is 2.29. The van der Waals surface area contributed by atoms with Gasteiger partial charge in [0.05, 0.1) is 4.92 Å². The molecule has 0 amide bonds. The van der Waals surface area contributed by atoms with Gasteiger partial charge in [0.2, 0.25) is 0 Å². The lowest BCUT2D eigenvalue weighted by atomic mass is 10.1. The zero-order chi connectivity index (χ0) is 12.3. The first-order valence-corrected chi connectivity index (χ1v) is 4.16. The molecule has 0 spiro atoms. The van der Waals surface area contributed by atoms with Gasteiger partial charge in [-0.25, -0.2) is 0 Å². The van der Waals surface area contributed by atoms with E-state index in [1.54, 1.807) is 0 Å². The number of benzene rings is 1. The number of carbonyl (C=O) groups is 1. The number of nitrogens with zero attached hydrogens (tertiary/aromatic N) is 1. The van der Waals surface area contributed by atoms with Crippen LogP contribution in [-0.4, -0.2) is 17.3 Å². The predicted molar refractivity (Wildman–Crippen MR) is 49.7 cm³/mol. The molecule has 0 N–H and O–H groups in total. The number of carbonyl (C=O) groups excluding carboxylic acids is 1. The first-order chi connectivity index (χ1) is 7.43. The van der Waals surface area contributed by atoms with E-state index in [2.05, 4.69) is 4.74 Å². The number of hydrogen-bond acceptors (Lipinski definition) is 4. The predicted octanol–water partition coefficient (Wildman–Crippen LogP) is 2.40. The van der Waals surface area contributed by atoms with Crippen LogP contribution in [-0.2, 0) is 0 Å². The van der Waals surface area contributed by atoms with Crippen molar-refractivity contribution in [2.75, 3.05) is 0 Å². The van der Waals surface area contributed by atoms with Crippen molar-refractivity contribution in [3.63, 3.8) is 0 Å². The van der Waals surface area contributed by atoms with E-state index < -0.39 is 34.3 Å². The van der Waals surface area contributed by atoms with E-state index in [0.29, 0.717) is 0 Å². The molecule has 0 aliphatic rings. The van der Waals surface area contributed by atoms with Gasteiger partial charge in [0.15, 0.2) is 5.78 Å². The van der Waals surface area contributed by atoms with Crippen molar-refractivity contribution in [3.8, 4) is 5.75 Å². The summed E-state index contributed by atoms with van der Waals surface area (Å²) in [5.41, 5.74) is -1.00. The average molecular weight is 231 g/mol. The molecular formula is C9H7F2NO4. The fourth-order valence-corrected chi connectivity index (χ4v) is 1.22. The number of nitro groups is 1. The minimum Gasteiger partial charge on any atom is -0.434 e. The van der Waals surface area contributed by atoms with E-state index in [9.17, 15) is 23.7 Å². The number of ether oxygens (including phenoxy) is 1. The Balaban J connectivity index is 3.32. The summed E-state index contributed by atoms with van der Waals surface area (Å²) in [6, 6.07) is 3.30. The Morgan fingerprint density at radius 2 is 2.12 bits per heavy atom. The second kappa shape index (κ2) is 4.65. The normalized spacial score (nSPS) is 10.2. The van der Waals surface area contributed by atoms with Gasteiger partial charge in [-0.05, 0) is 13.0 Å². The highest BCUT2D eigenvalue weighted by Gasteiger charge is 2.23. The van der Waals surface area contributed by atoms with Gasteiger partial charge < -0.3 is 4.74 Å². The lowest BCUT2D eigenvalue weighted by molar-refractivity contribution is -0.385. The molecule has 0 heterocycles. The fraction of sp³-hybridized carbons (Fsp3) is 0.222. The lowest BCUT2D eigenvalue weighted by Gasteiger charge is -2.08. The number of halogens is 2. The van der Waals surface area contributed by atoms with Gasteiger partial charge in [-0.3, -0.25) is 14.9 Å². The van der Waals surface area contributed by atoms with Crippen molar-refractivity contribution in [3.05, 3.63) is 33.9 Å². The zero-order valence-corrected chi connectivity index (χ0v) is 8.15. The summed E-state index contributed by atoms with van der Waals surface area (Å²) in [5.74, 6) is -1.19. The van der Waals surface area contributed by atoms with Gasteiger partial charge in [0.1, 0.15) is 11.3 Å². The third kappa shape index (κ3) is 2.50. The van der Waals surface area contributed by atoms with Crippen LogP contribution in [0.3, 0.4) is 0 Å². The van der Waals surface area contributed by atoms with E-state index >= 15 is 0 Å². The van der Waals surface area contributed by atoms with Crippen LogP contribution in [0.4, 0.5) is 14.5 Å². The number of alkyl halides is 2. The molecule has 0 bridgehead atoms. The Morgan fingerprint density at radius 3 is 2.56 bits per heavy atom. The minimum atomic E-state index is -3.14. The van der Waals surface area contributed by atoms with E-state index in [4.69, 9.17) is 0 Å². The molecule has 0 atom stereocenters. The van der Waals surface area contributed by atoms with Crippen molar-refractivity contribution >= 4 is 11.5 Å².